The van der Waals surface area contributed by atoms with Gasteiger partial charge in [-0.3, -0.25) is 4.79 Å². The molecule has 1 rings (SSSR count). The quantitative estimate of drug-likeness (QED) is 0.212. The molecule has 0 aliphatic rings. The average molecular weight is 376 g/mol. The normalized spacial score (nSPS) is 11.3. The Morgan fingerprint density at radius 1 is 0.926 bits per heavy atom. The molecule has 0 unspecified atom stereocenters. The summed E-state index contributed by atoms with van der Waals surface area (Å²) in [6.45, 7) is 2.84. The third kappa shape index (κ3) is 13.3. The third-order valence-electron chi connectivity index (χ3n) is 5.05. The van der Waals surface area contributed by atoms with Crippen LogP contribution in [0.3, 0.4) is 0 Å². The lowest BCUT2D eigenvalue weighted by Gasteiger charge is -2.15. The fourth-order valence-corrected chi connectivity index (χ4v) is 3.26. The van der Waals surface area contributed by atoms with Gasteiger partial charge in [0.2, 0.25) is 5.91 Å². The Hall–Kier alpha value is -1.51. The zero-order valence-corrected chi connectivity index (χ0v) is 17.8. The summed E-state index contributed by atoms with van der Waals surface area (Å²) in [6, 6.07) is 3.77. The van der Waals surface area contributed by atoms with Gasteiger partial charge in [-0.15, -0.1) is 0 Å². The summed E-state index contributed by atoms with van der Waals surface area (Å²) in [7, 11) is 1.85. The second-order valence-corrected chi connectivity index (χ2v) is 7.66. The number of rotatable bonds is 17. The Morgan fingerprint density at radius 2 is 1.52 bits per heavy atom. The Morgan fingerprint density at radius 3 is 2.11 bits per heavy atom. The van der Waals surface area contributed by atoms with E-state index < -0.39 is 0 Å². The molecule has 154 valence electrons. The number of amides is 1. The first kappa shape index (κ1) is 23.5. The van der Waals surface area contributed by atoms with Gasteiger partial charge in [0.15, 0.2) is 0 Å². The monoisotopic (exact) mass is 375 g/mol. The van der Waals surface area contributed by atoms with Gasteiger partial charge in [0.1, 0.15) is 5.76 Å². The standard InChI is InChI=1S/C24H41NO2/c1-3-4-5-6-7-8-9-10-11-12-13-14-15-16-17-20-24(26)25(2)22-23-19-18-21-27-23/h10-11,18-19,21H,3-9,12-17,20,22H2,1-2H3. The molecule has 0 saturated heterocycles. The van der Waals surface area contributed by atoms with Crippen molar-refractivity contribution in [2.75, 3.05) is 7.05 Å². The molecule has 3 nitrogen and oxygen atoms in total. The van der Waals surface area contributed by atoms with E-state index >= 15 is 0 Å². The maximum Gasteiger partial charge on any atom is 0.222 e. The van der Waals surface area contributed by atoms with E-state index in [9.17, 15) is 4.79 Å². The van der Waals surface area contributed by atoms with E-state index in [1.54, 1.807) is 11.2 Å². The van der Waals surface area contributed by atoms with Crippen LogP contribution in [0.15, 0.2) is 35.0 Å². The second kappa shape index (κ2) is 16.6. The maximum absolute atomic E-state index is 12.1. The van der Waals surface area contributed by atoms with Crippen molar-refractivity contribution < 1.29 is 9.21 Å². The minimum atomic E-state index is 0.212. The summed E-state index contributed by atoms with van der Waals surface area (Å²) in [5.41, 5.74) is 0. The van der Waals surface area contributed by atoms with Gasteiger partial charge in [0, 0.05) is 13.5 Å². The van der Waals surface area contributed by atoms with Crippen LogP contribution in [0.1, 0.15) is 103 Å². The molecule has 3 heteroatoms. The van der Waals surface area contributed by atoms with Crippen LogP contribution in [0.4, 0.5) is 0 Å². The summed E-state index contributed by atoms with van der Waals surface area (Å²) in [6.07, 6.45) is 23.7. The second-order valence-electron chi connectivity index (χ2n) is 7.66. The van der Waals surface area contributed by atoms with E-state index in [4.69, 9.17) is 4.42 Å². The Bertz CT molecular complexity index is 479. The summed E-state index contributed by atoms with van der Waals surface area (Å²) in [5.74, 6) is 1.06. The van der Waals surface area contributed by atoms with Crippen LogP contribution in [0.2, 0.25) is 0 Å². The average Bonchev–Trinajstić information content (AvgIpc) is 3.17. The fraction of sp³-hybridized carbons (Fsp3) is 0.708. The first-order valence-corrected chi connectivity index (χ1v) is 11.2. The predicted octanol–water partition coefficient (Wildman–Crippen LogP) is 7.28. The molecule has 0 spiro atoms. The Kier molecular flexibility index (Phi) is 14.5. The van der Waals surface area contributed by atoms with Crippen LogP contribution in [0, 0.1) is 0 Å². The SMILES string of the molecule is CCCCCCCCC=CCCCCCCCC(=O)N(C)Cc1ccco1. The van der Waals surface area contributed by atoms with E-state index in [2.05, 4.69) is 19.1 Å². The highest BCUT2D eigenvalue weighted by atomic mass is 16.3. The number of carbonyl (C=O) groups is 1. The minimum Gasteiger partial charge on any atom is -0.467 e. The number of nitrogens with zero attached hydrogens (tertiary/aromatic N) is 1. The number of unbranched alkanes of at least 4 members (excludes halogenated alkanes) is 11. The molecule has 0 fully saturated rings. The highest BCUT2D eigenvalue weighted by Crippen LogP contribution is 2.11. The largest absolute Gasteiger partial charge is 0.467 e. The van der Waals surface area contributed by atoms with Crippen LogP contribution in [-0.4, -0.2) is 17.9 Å². The van der Waals surface area contributed by atoms with Crippen molar-refractivity contribution in [2.24, 2.45) is 0 Å². The van der Waals surface area contributed by atoms with E-state index in [1.165, 1.54) is 70.6 Å². The molecular formula is C24H41NO2. The summed E-state index contributed by atoms with van der Waals surface area (Å²) < 4.78 is 5.29. The van der Waals surface area contributed by atoms with Gasteiger partial charge in [-0.2, -0.15) is 0 Å². The first-order chi connectivity index (χ1) is 13.2. The van der Waals surface area contributed by atoms with Crippen molar-refractivity contribution in [3.63, 3.8) is 0 Å². The summed E-state index contributed by atoms with van der Waals surface area (Å²) in [4.78, 5) is 13.8. The molecule has 1 aromatic rings. The molecule has 0 N–H and O–H groups in total. The molecule has 0 aliphatic carbocycles. The Labute approximate surface area is 167 Å². The predicted molar refractivity (Wildman–Crippen MR) is 115 cm³/mol. The number of hydrogen-bond donors (Lipinski definition) is 0. The fourth-order valence-electron chi connectivity index (χ4n) is 3.26. The highest BCUT2D eigenvalue weighted by Gasteiger charge is 2.09. The molecular weight excluding hydrogens is 334 g/mol. The highest BCUT2D eigenvalue weighted by molar-refractivity contribution is 5.75. The zero-order chi connectivity index (χ0) is 19.6. The van der Waals surface area contributed by atoms with E-state index in [-0.39, 0.29) is 5.91 Å². The smallest absolute Gasteiger partial charge is 0.222 e. The Balaban J connectivity index is 1.85. The van der Waals surface area contributed by atoms with E-state index in [0.717, 1.165) is 18.6 Å². The van der Waals surface area contributed by atoms with Crippen molar-refractivity contribution in [3.8, 4) is 0 Å². The van der Waals surface area contributed by atoms with E-state index in [0.29, 0.717) is 13.0 Å². The third-order valence-corrected chi connectivity index (χ3v) is 5.05. The van der Waals surface area contributed by atoms with Crippen LogP contribution >= 0.6 is 0 Å². The number of allylic oxidation sites excluding steroid dienone is 2. The summed E-state index contributed by atoms with van der Waals surface area (Å²) >= 11 is 0. The molecule has 0 aliphatic heterocycles. The van der Waals surface area contributed by atoms with Crippen LogP contribution in [0.5, 0.6) is 0 Å². The molecule has 0 saturated carbocycles. The molecule has 1 aromatic heterocycles. The zero-order valence-electron chi connectivity index (χ0n) is 17.8. The number of hydrogen-bond acceptors (Lipinski definition) is 2. The van der Waals surface area contributed by atoms with Gasteiger partial charge < -0.3 is 9.32 Å². The van der Waals surface area contributed by atoms with Gasteiger partial charge in [-0.05, 0) is 44.2 Å². The molecule has 27 heavy (non-hydrogen) atoms. The molecule has 0 atom stereocenters. The van der Waals surface area contributed by atoms with Gasteiger partial charge in [0.25, 0.3) is 0 Å². The molecule has 0 aromatic carbocycles. The van der Waals surface area contributed by atoms with Crippen molar-refractivity contribution >= 4 is 5.91 Å². The van der Waals surface area contributed by atoms with Crippen molar-refractivity contribution in [1.82, 2.24) is 4.90 Å². The van der Waals surface area contributed by atoms with Crippen LogP contribution in [-0.2, 0) is 11.3 Å². The lowest BCUT2D eigenvalue weighted by molar-refractivity contribution is -0.130. The first-order valence-electron chi connectivity index (χ1n) is 11.2. The van der Waals surface area contributed by atoms with E-state index in [1.807, 2.05) is 19.2 Å². The molecule has 1 amide bonds. The van der Waals surface area contributed by atoms with Crippen molar-refractivity contribution in [2.45, 2.75) is 103 Å². The molecule has 0 radical (unpaired) electrons. The van der Waals surface area contributed by atoms with Crippen LogP contribution in [0.25, 0.3) is 0 Å². The topological polar surface area (TPSA) is 33.5 Å². The van der Waals surface area contributed by atoms with Gasteiger partial charge >= 0.3 is 0 Å². The van der Waals surface area contributed by atoms with Gasteiger partial charge in [-0.1, -0.05) is 70.4 Å². The lowest BCUT2D eigenvalue weighted by atomic mass is 10.1. The van der Waals surface area contributed by atoms with Crippen molar-refractivity contribution in [1.29, 1.82) is 0 Å². The van der Waals surface area contributed by atoms with Crippen molar-refractivity contribution in [3.05, 3.63) is 36.3 Å². The summed E-state index contributed by atoms with van der Waals surface area (Å²) in [5, 5.41) is 0. The number of carbonyl (C=O) groups excluding carboxylic acids is 1. The molecule has 0 bridgehead atoms. The molecule has 1 heterocycles. The van der Waals surface area contributed by atoms with Gasteiger partial charge in [0.05, 0.1) is 12.8 Å². The van der Waals surface area contributed by atoms with Gasteiger partial charge in [-0.25, -0.2) is 0 Å². The van der Waals surface area contributed by atoms with Crippen LogP contribution < -0.4 is 0 Å². The lowest BCUT2D eigenvalue weighted by Crippen LogP contribution is -2.25. The number of furan rings is 1. The maximum atomic E-state index is 12.1. The minimum absolute atomic E-state index is 0.212.